The summed E-state index contributed by atoms with van der Waals surface area (Å²) >= 11 is 0. The third-order valence-corrected chi connectivity index (χ3v) is 6.05. The summed E-state index contributed by atoms with van der Waals surface area (Å²) in [4.78, 5) is 24.2. The average molecular weight is 488 g/mol. The lowest BCUT2D eigenvalue weighted by atomic mass is 9.97. The second kappa shape index (κ2) is 10.6. The second-order valence-electron chi connectivity index (χ2n) is 8.54. The first-order valence-electron chi connectivity index (χ1n) is 11.9. The zero-order valence-electron chi connectivity index (χ0n) is 19.9. The van der Waals surface area contributed by atoms with Crippen molar-refractivity contribution in [3.05, 3.63) is 84.1 Å². The molecule has 0 aliphatic carbocycles. The molecule has 184 valence electrons. The zero-order valence-corrected chi connectivity index (χ0v) is 19.9. The molecule has 2 aromatic heterocycles. The fourth-order valence-corrected chi connectivity index (χ4v) is 4.29. The summed E-state index contributed by atoms with van der Waals surface area (Å²) in [6, 6.07) is 17.1. The maximum absolute atomic E-state index is 13.6. The smallest absolute Gasteiger partial charge is 0.257 e. The number of likely N-dealkylation sites (tertiary alicyclic amines) is 1. The number of benzene rings is 2. The Morgan fingerprint density at radius 3 is 2.86 bits per heavy atom. The highest BCUT2D eigenvalue weighted by molar-refractivity contribution is 5.99. The first-order valence-corrected chi connectivity index (χ1v) is 11.9. The summed E-state index contributed by atoms with van der Waals surface area (Å²) < 4.78 is 24.6. The Kier molecular flexibility index (Phi) is 6.88. The van der Waals surface area contributed by atoms with Crippen LogP contribution in [0.4, 0.5) is 15.9 Å². The Labute approximate surface area is 208 Å². The minimum Gasteiger partial charge on any atom is -0.494 e. The molecule has 1 fully saturated rings. The molecule has 3 heterocycles. The molecule has 0 bridgehead atoms. The number of carbonyl (C=O) groups is 1. The minimum atomic E-state index is -0.362. The van der Waals surface area contributed by atoms with E-state index in [-0.39, 0.29) is 17.6 Å². The first-order chi connectivity index (χ1) is 17.6. The molecule has 9 heteroatoms. The number of aromatic nitrogens is 3. The Hall–Kier alpha value is -4.27. The van der Waals surface area contributed by atoms with Gasteiger partial charge in [-0.1, -0.05) is 17.3 Å². The third-order valence-electron chi connectivity index (χ3n) is 6.05. The minimum absolute atomic E-state index is 0.100. The van der Waals surface area contributed by atoms with Crippen molar-refractivity contribution in [2.24, 2.45) is 0 Å². The fraction of sp³-hybridized carbons (Fsp3) is 0.259. The van der Waals surface area contributed by atoms with E-state index in [0.29, 0.717) is 48.4 Å². The molecule has 8 nitrogen and oxygen atoms in total. The van der Waals surface area contributed by atoms with E-state index < -0.39 is 0 Å². The van der Waals surface area contributed by atoms with Crippen molar-refractivity contribution in [3.8, 4) is 17.1 Å². The molecular weight excluding hydrogens is 461 g/mol. The number of anilines is 2. The zero-order chi connectivity index (χ0) is 24.9. The van der Waals surface area contributed by atoms with Crippen LogP contribution in [-0.4, -0.2) is 45.6 Å². The number of rotatable bonds is 7. The van der Waals surface area contributed by atoms with Crippen LogP contribution in [0, 0.1) is 5.82 Å². The largest absolute Gasteiger partial charge is 0.494 e. The predicted octanol–water partition coefficient (Wildman–Crippen LogP) is 5.43. The van der Waals surface area contributed by atoms with Gasteiger partial charge in [0.15, 0.2) is 0 Å². The molecule has 2 aromatic carbocycles. The van der Waals surface area contributed by atoms with Gasteiger partial charge in [-0.15, -0.1) is 0 Å². The SMILES string of the molecule is CCOc1ccc(Nc2ncccc2C(=O)N2CCC[C@H](c3nc(-c4cccc(F)c4)no3)C2)cc1. The van der Waals surface area contributed by atoms with E-state index in [2.05, 4.69) is 20.4 Å². The lowest BCUT2D eigenvalue weighted by Gasteiger charge is -2.31. The van der Waals surface area contributed by atoms with Gasteiger partial charge in [-0.3, -0.25) is 4.79 Å². The number of hydrogen-bond acceptors (Lipinski definition) is 7. The van der Waals surface area contributed by atoms with E-state index in [9.17, 15) is 9.18 Å². The first kappa shape index (κ1) is 23.5. The van der Waals surface area contributed by atoms with Gasteiger partial charge in [0.2, 0.25) is 11.7 Å². The highest BCUT2D eigenvalue weighted by Gasteiger charge is 2.30. The standard InChI is InChI=1S/C27H26FN5O3/c1-2-35-22-12-10-21(11-13-22)30-25-23(9-4-14-29-25)27(34)33-15-5-7-19(17-33)26-31-24(32-36-26)18-6-3-8-20(28)16-18/h3-4,6,8-14,16,19H,2,5,7,15,17H2,1H3,(H,29,30)/t19-/m0/s1. The Balaban J connectivity index is 1.30. The molecule has 0 saturated carbocycles. The average Bonchev–Trinajstić information content (AvgIpc) is 3.41. The number of hydrogen-bond donors (Lipinski definition) is 1. The fourth-order valence-electron chi connectivity index (χ4n) is 4.29. The molecule has 36 heavy (non-hydrogen) atoms. The molecule has 0 spiro atoms. The molecule has 0 radical (unpaired) electrons. The van der Waals surface area contributed by atoms with E-state index in [0.717, 1.165) is 24.3 Å². The highest BCUT2D eigenvalue weighted by atomic mass is 19.1. The van der Waals surface area contributed by atoms with Gasteiger partial charge in [0, 0.05) is 30.5 Å². The Morgan fingerprint density at radius 1 is 1.19 bits per heavy atom. The van der Waals surface area contributed by atoms with Crippen LogP contribution in [0.15, 0.2) is 71.4 Å². The van der Waals surface area contributed by atoms with Crippen molar-refractivity contribution in [1.82, 2.24) is 20.0 Å². The highest BCUT2D eigenvalue weighted by Crippen LogP contribution is 2.30. The van der Waals surface area contributed by atoms with Crippen molar-refractivity contribution in [3.63, 3.8) is 0 Å². The number of halogens is 1. The van der Waals surface area contributed by atoms with Crippen molar-refractivity contribution in [1.29, 1.82) is 0 Å². The van der Waals surface area contributed by atoms with E-state index in [1.54, 1.807) is 35.4 Å². The maximum atomic E-state index is 13.6. The summed E-state index contributed by atoms with van der Waals surface area (Å²) in [5.74, 6) is 1.47. The topological polar surface area (TPSA) is 93.4 Å². The van der Waals surface area contributed by atoms with Crippen LogP contribution < -0.4 is 10.1 Å². The Morgan fingerprint density at radius 2 is 2.06 bits per heavy atom. The molecule has 1 amide bonds. The van der Waals surface area contributed by atoms with Gasteiger partial charge in [-0.2, -0.15) is 4.98 Å². The van der Waals surface area contributed by atoms with Crippen LogP contribution in [0.2, 0.25) is 0 Å². The van der Waals surface area contributed by atoms with Gasteiger partial charge in [0.1, 0.15) is 17.4 Å². The van der Waals surface area contributed by atoms with Crippen molar-refractivity contribution >= 4 is 17.4 Å². The van der Waals surface area contributed by atoms with Gasteiger partial charge < -0.3 is 19.5 Å². The van der Waals surface area contributed by atoms with Gasteiger partial charge in [-0.25, -0.2) is 9.37 Å². The molecule has 1 aliphatic rings. The lowest BCUT2D eigenvalue weighted by molar-refractivity contribution is 0.0696. The molecular formula is C27H26FN5O3. The van der Waals surface area contributed by atoms with Gasteiger partial charge in [0.05, 0.1) is 18.1 Å². The summed E-state index contributed by atoms with van der Waals surface area (Å²) in [5, 5.41) is 7.27. The maximum Gasteiger partial charge on any atom is 0.257 e. The van der Waals surface area contributed by atoms with Gasteiger partial charge >= 0.3 is 0 Å². The van der Waals surface area contributed by atoms with Crippen molar-refractivity contribution < 1.29 is 18.4 Å². The molecule has 0 unspecified atom stereocenters. The summed E-state index contributed by atoms with van der Waals surface area (Å²) in [7, 11) is 0. The van der Waals surface area contributed by atoms with Crippen LogP contribution >= 0.6 is 0 Å². The summed E-state index contributed by atoms with van der Waals surface area (Å²) in [6.45, 7) is 3.60. The summed E-state index contributed by atoms with van der Waals surface area (Å²) in [5.41, 5.74) is 1.84. The van der Waals surface area contributed by atoms with E-state index in [4.69, 9.17) is 9.26 Å². The van der Waals surface area contributed by atoms with Crippen LogP contribution in [0.25, 0.3) is 11.4 Å². The molecule has 4 aromatic rings. The normalized spacial score (nSPS) is 15.5. The third kappa shape index (κ3) is 5.19. The number of amides is 1. The van der Waals surface area contributed by atoms with Crippen molar-refractivity contribution in [2.45, 2.75) is 25.7 Å². The van der Waals surface area contributed by atoms with Gasteiger partial charge in [-0.05, 0) is 68.3 Å². The number of carbonyl (C=O) groups excluding carboxylic acids is 1. The van der Waals surface area contributed by atoms with E-state index >= 15 is 0 Å². The number of piperidine rings is 1. The van der Waals surface area contributed by atoms with E-state index in [1.807, 2.05) is 31.2 Å². The molecule has 1 atom stereocenters. The molecule has 1 aliphatic heterocycles. The quantitative estimate of drug-likeness (QED) is 0.371. The number of nitrogens with zero attached hydrogens (tertiary/aromatic N) is 4. The van der Waals surface area contributed by atoms with Crippen LogP contribution in [0.3, 0.4) is 0 Å². The van der Waals surface area contributed by atoms with Gasteiger partial charge in [0.25, 0.3) is 5.91 Å². The van der Waals surface area contributed by atoms with E-state index in [1.165, 1.54) is 12.1 Å². The van der Waals surface area contributed by atoms with Crippen LogP contribution in [0.5, 0.6) is 5.75 Å². The van der Waals surface area contributed by atoms with Crippen molar-refractivity contribution in [2.75, 3.05) is 25.0 Å². The number of pyridine rings is 1. The molecule has 5 rings (SSSR count). The predicted molar refractivity (Wildman–Crippen MR) is 133 cm³/mol. The monoisotopic (exact) mass is 487 g/mol. The lowest BCUT2D eigenvalue weighted by Crippen LogP contribution is -2.39. The molecule has 1 saturated heterocycles. The second-order valence-corrected chi connectivity index (χ2v) is 8.54. The number of ether oxygens (including phenoxy) is 1. The molecule has 1 N–H and O–H groups in total. The summed E-state index contributed by atoms with van der Waals surface area (Å²) in [6.07, 6.45) is 3.27. The number of nitrogens with one attached hydrogen (secondary N) is 1. The Bertz CT molecular complexity index is 1340. The van der Waals surface area contributed by atoms with Crippen LogP contribution in [-0.2, 0) is 0 Å². The van der Waals surface area contributed by atoms with Crippen LogP contribution in [0.1, 0.15) is 41.9 Å².